The molecule has 1 aliphatic carbocycles. The van der Waals surface area contributed by atoms with Gasteiger partial charge in [0.1, 0.15) is 5.54 Å². The first-order valence-electron chi connectivity index (χ1n) is 8.30. The molecule has 0 amide bonds. The minimum absolute atomic E-state index is 0.0377. The van der Waals surface area contributed by atoms with E-state index in [1.165, 1.54) is 12.8 Å². The third kappa shape index (κ3) is 3.34. The minimum atomic E-state index is -0.465. The molecule has 0 aromatic heterocycles. The van der Waals surface area contributed by atoms with Gasteiger partial charge in [0.15, 0.2) is 0 Å². The van der Waals surface area contributed by atoms with Gasteiger partial charge in [0.05, 0.1) is 6.61 Å². The molecule has 1 aliphatic heterocycles. The Labute approximate surface area is 123 Å². The van der Waals surface area contributed by atoms with E-state index in [1.54, 1.807) is 0 Å². The van der Waals surface area contributed by atoms with E-state index in [4.69, 9.17) is 4.74 Å². The molecule has 116 valence electrons. The average Bonchev–Trinajstić information content (AvgIpc) is 3.19. The molecule has 1 N–H and O–H groups in total. The number of nitrogens with one attached hydrogen (secondary N) is 1. The molecule has 2 unspecified atom stereocenters. The second-order valence-corrected chi connectivity index (χ2v) is 6.29. The molecule has 2 aliphatic rings. The Hall–Kier alpha value is -0.610. The SMILES string of the molecule is CCNC(CN1CCC(CC)C1)(C(=O)OCC)C1CC1. The normalized spacial score (nSPS) is 26.4. The molecule has 0 radical (unpaired) electrons. The second-order valence-electron chi connectivity index (χ2n) is 6.29. The average molecular weight is 282 g/mol. The highest BCUT2D eigenvalue weighted by Crippen LogP contribution is 2.41. The number of esters is 1. The van der Waals surface area contributed by atoms with Crippen LogP contribution in [0.5, 0.6) is 0 Å². The number of rotatable bonds is 8. The van der Waals surface area contributed by atoms with Crippen LogP contribution in [-0.4, -0.2) is 49.2 Å². The van der Waals surface area contributed by atoms with Crippen molar-refractivity contribution in [2.75, 3.05) is 32.8 Å². The van der Waals surface area contributed by atoms with E-state index in [0.29, 0.717) is 12.5 Å². The Morgan fingerprint density at radius 3 is 2.55 bits per heavy atom. The molecule has 4 nitrogen and oxygen atoms in total. The Morgan fingerprint density at radius 1 is 1.30 bits per heavy atom. The van der Waals surface area contributed by atoms with Gasteiger partial charge >= 0.3 is 5.97 Å². The van der Waals surface area contributed by atoms with Crippen LogP contribution in [0.25, 0.3) is 0 Å². The molecular formula is C16H30N2O2. The largest absolute Gasteiger partial charge is 0.465 e. The van der Waals surface area contributed by atoms with Gasteiger partial charge in [0, 0.05) is 13.1 Å². The van der Waals surface area contributed by atoms with Crippen molar-refractivity contribution in [2.45, 2.75) is 52.0 Å². The third-order valence-corrected chi connectivity index (χ3v) is 4.83. The fourth-order valence-corrected chi connectivity index (χ4v) is 3.53. The molecule has 20 heavy (non-hydrogen) atoms. The summed E-state index contributed by atoms with van der Waals surface area (Å²) in [7, 11) is 0. The van der Waals surface area contributed by atoms with Crippen molar-refractivity contribution in [3.05, 3.63) is 0 Å². The summed E-state index contributed by atoms with van der Waals surface area (Å²) in [6, 6.07) is 0. The van der Waals surface area contributed by atoms with E-state index >= 15 is 0 Å². The fourth-order valence-electron chi connectivity index (χ4n) is 3.53. The highest BCUT2D eigenvalue weighted by atomic mass is 16.5. The lowest BCUT2D eigenvalue weighted by Crippen LogP contribution is -2.61. The van der Waals surface area contributed by atoms with Crippen molar-refractivity contribution >= 4 is 5.97 Å². The van der Waals surface area contributed by atoms with E-state index in [0.717, 1.165) is 44.9 Å². The number of carbonyl (C=O) groups is 1. The van der Waals surface area contributed by atoms with Gasteiger partial charge in [-0.1, -0.05) is 20.3 Å². The summed E-state index contributed by atoms with van der Waals surface area (Å²) >= 11 is 0. The zero-order valence-corrected chi connectivity index (χ0v) is 13.3. The molecule has 1 saturated heterocycles. The Kier molecular flexibility index (Phi) is 5.44. The molecule has 2 fully saturated rings. The predicted molar refractivity (Wildman–Crippen MR) is 80.6 cm³/mol. The summed E-state index contributed by atoms with van der Waals surface area (Å²) in [5.41, 5.74) is -0.465. The number of ether oxygens (including phenoxy) is 1. The summed E-state index contributed by atoms with van der Waals surface area (Å²) < 4.78 is 5.40. The van der Waals surface area contributed by atoms with Crippen LogP contribution in [-0.2, 0) is 9.53 Å². The highest BCUT2D eigenvalue weighted by molar-refractivity contribution is 5.82. The van der Waals surface area contributed by atoms with Crippen LogP contribution >= 0.6 is 0 Å². The van der Waals surface area contributed by atoms with Gasteiger partial charge in [-0.2, -0.15) is 0 Å². The lowest BCUT2D eigenvalue weighted by Gasteiger charge is -2.36. The lowest BCUT2D eigenvalue weighted by atomic mass is 9.92. The minimum Gasteiger partial charge on any atom is -0.465 e. The smallest absolute Gasteiger partial charge is 0.327 e. The van der Waals surface area contributed by atoms with Gasteiger partial charge in [-0.3, -0.25) is 0 Å². The number of hydrogen-bond donors (Lipinski definition) is 1. The topological polar surface area (TPSA) is 41.6 Å². The zero-order valence-electron chi connectivity index (χ0n) is 13.3. The van der Waals surface area contributed by atoms with Crippen LogP contribution in [0, 0.1) is 11.8 Å². The standard InChI is InChI=1S/C16H30N2O2/c1-4-13-9-10-18(11-13)12-16(17-5-2,14-7-8-14)15(19)20-6-3/h13-14,17H,4-12H2,1-3H3. The summed E-state index contributed by atoms with van der Waals surface area (Å²) in [5.74, 6) is 1.22. The Morgan fingerprint density at radius 2 is 2.05 bits per heavy atom. The molecule has 2 atom stereocenters. The molecule has 0 spiro atoms. The van der Waals surface area contributed by atoms with Crippen molar-refractivity contribution in [2.24, 2.45) is 11.8 Å². The zero-order chi connectivity index (χ0) is 14.6. The first kappa shape index (κ1) is 15.8. The molecule has 0 bridgehead atoms. The van der Waals surface area contributed by atoms with Gasteiger partial charge in [0.25, 0.3) is 0 Å². The summed E-state index contributed by atoms with van der Waals surface area (Å²) in [6.45, 7) is 10.6. The summed E-state index contributed by atoms with van der Waals surface area (Å²) in [6.07, 6.45) is 4.81. The van der Waals surface area contributed by atoms with E-state index in [1.807, 2.05) is 6.92 Å². The van der Waals surface area contributed by atoms with Crippen molar-refractivity contribution in [1.29, 1.82) is 0 Å². The first-order chi connectivity index (χ1) is 9.66. The van der Waals surface area contributed by atoms with Crippen LogP contribution in [0.3, 0.4) is 0 Å². The predicted octanol–water partition coefficient (Wildman–Crippen LogP) is 2.04. The Balaban J connectivity index is 2.07. The van der Waals surface area contributed by atoms with Gasteiger partial charge in [-0.25, -0.2) is 4.79 Å². The number of nitrogens with zero attached hydrogens (tertiary/aromatic N) is 1. The van der Waals surface area contributed by atoms with E-state index < -0.39 is 5.54 Å². The number of likely N-dealkylation sites (tertiary alicyclic amines) is 1. The van der Waals surface area contributed by atoms with Crippen LogP contribution in [0.4, 0.5) is 0 Å². The second kappa shape index (κ2) is 6.90. The monoisotopic (exact) mass is 282 g/mol. The molecule has 0 aromatic rings. The number of likely N-dealkylation sites (N-methyl/N-ethyl adjacent to an activating group) is 1. The third-order valence-electron chi connectivity index (χ3n) is 4.83. The number of hydrogen-bond acceptors (Lipinski definition) is 4. The van der Waals surface area contributed by atoms with Gasteiger partial charge < -0.3 is 15.0 Å². The van der Waals surface area contributed by atoms with Gasteiger partial charge in [-0.15, -0.1) is 0 Å². The summed E-state index contributed by atoms with van der Waals surface area (Å²) in [5, 5.41) is 3.49. The van der Waals surface area contributed by atoms with E-state index in [2.05, 4.69) is 24.1 Å². The molecule has 2 rings (SSSR count). The Bertz CT molecular complexity index is 330. The van der Waals surface area contributed by atoms with Crippen LogP contribution in [0.1, 0.15) is 46.5 Å². The highest BCUT2D eigenvalue weighted by Gasteiger charge is 2.52. The lowest BCUT2D eigenvalue weighted by molar-refractivity contribution is -0.153. The van der Waals surface area contributed by atoms with E-state index in [-0.39, 0.29) is 5.97 Å². The van der Waals surface area contributed by atoms with Crippen LogP contribution in [0.15, 0.2) is 0 Å². The maximum atomic E-state index is 12.6. The molecular weight excluding hydrogens is 252 g/mol. The van der Waals surface area contributed by atoms with Crippen molar-refractivity contribution in [3.8, 4) is 0 Å². The van der Waals surface area contributed by atoms with Crippen molar-refractivity contribution in [1.82, 2.24) is 10.2 Å². The maximum absolute atomic E-state index is 12.6. The molecule has 1 heterocycles. The first-order valence-corrected chi connectivity index (χ1v) is 8.30. The maximum Gasteiger partial charge on any atom is 0.327 e. The van der Waals surface area contributed by atoms with E-state index in [9.17, 15) is 4.79 Å². The number of carbonyl (C=O) groups excluding carboxylic acids is 1. The van der Waals surface area contributed by atoms with Crippen molar-refractivity contribution in [3.63, 3.8) is 0 Å². The van der Waals surface area contributed by atoms with Crippen LogP contribution < -0.4 is 5.32 Å². The van der Waals surface area contributed by atoms with Crippen LogP contribution in [0.2, 0.25) is 0 Å². The quantitative estimate of drug-likeness (QED) is 0.692. The van der Waals surface area contributed by atoms with Crippen molar-refractivity contribution < 1.29 is 9.53 Å². The molecule has 4 heteroatoms. The fraction of sp³-hybridized carbons (Fsp3) is 0.938. The van der Waals surface area contributed by atoms with Gasteiger partial charge in [-0.05, 0) is 51.1 Å². The molecule has 0 aromatic carbocycles. The summed E-state index contributed by atoms with van der Waals surface area (Å²) in [4.78, 5) is 15.0. The molecule has 1 saturated carbocycles. The van der Waals surface area contributed by atoms with Gasteiger partial charge in [0.2, 0.25) is 0 Å².